The summed E-state index contributed by atoms with van der Waals surface area (Å²) in [5.41, 5.74) is 0.784. The summed E-state index contributed by atoms with van der Waals surface area (Å²) in [7, 11) is 0. The molecule has 2 rings (SSSR count). The molecule has 0 aromatic carbocycles. The molecule has 1 saturated carbocycles. The monoisotopic (exact) mass is 213 g/mol. The van der Waals surface area contributed by atoms with Crippen LogP contribution in [0.4, 0.5) is 5.13 Å². The highest BCUT2D eigenvalue weighted by atomic mass is 32.1. The molecule has 0 saturated heterocycles. The van der Waals surface area contributed by atoms with Crippen LogP contribution in [0.1, 0.15) is 25.7 Å². The van der Waals surface area contributed by atoms with Crippen LogP contribution in [0.25, 0.3) is 0 Å². The van der Waals surface area contributed by atoms with Crippen LogP contribution in [0.3, 0.4) is 0 Å². The van der Waals surface area contributed by atoms with Gasteiger partial charge < -0.3 is 10.4 Å². The first-order chi connectivity index (χ1) is 6.73. The first-order valence-corrected chi connectivity index (χ1v) is 5.39. The van der Waals surface area contributed by atoms with Gasteiger partial charge in [-0.25, -0.2) is 4.79 Å². The maximum absolute atomic E-state index is 11.1. The number of aromatic nitrogens is 2. The topological polar surface area (TPSA) is 75.1 Å². The van der Waals surface area contributed by atoms with Crippen molar-refractivity contribution in [3.05, 3.63) is 5.51 Å². The molecule has 2 N–H and O–H groups in total. The van der Waals surface area contributed by atoms with E-state index in [1.54, 1.807) is 5.51 Å². The lowest BCUT2D eigenvalue weighted by Gasteiger charge is -2.24. The maximum atomic E-state index is 11.1. The maximum Gasteiger partial charge on any atom is 0.329 e. The van der Waals surface area contributed by atoms with E-state index in [2.05, 4.69) is 15.5 Å². The summed E-state index contributed by atoms with van der Waals surface area (Å²) >= 11 is 1.33. The lowest BCUT2D eigenvalue weighted by atomic mass is 9.98. The molecular weight excluding hydrogens is 202 g/mol. The predicted molar refractivity (Wildman–Crippen MR) is 52.4 cm³/mol. The first-order valence-electron chi connectivity index (χ1n) is 4.51. The van der Waals surface area contributed by atoms with Crippen molar-refractivity contribution in [2.45, 2.75) is 31.2 Å². The summed E-state index contributed by atoms with van der Waals surface area (Å²) in [5.74, 6) is -0.787. The minimum Gasteiger partial charge on any atom is -0.480 e. The Kier molecular flexibility index (Phi) is 2.37. The van der Waals surface area contributed by atoms with Crippen molar-refractivity contribution < 1.29 is 9.90 Å². The first kappa shape index (κ1) is 9.39. The molecule has 1 aromatic rings. The Morgan fingerprint density at radius 3 is 2.79 bits per heavy atom. The van der Waals surface area contributed by atoms with Crippen LogP contribution < -0.4 is 5.32 Å². The second kappa shape index (κ2) is 3.53. The van der Waals surface area contributed by atoms with Gasteiger partial charge in [-0.3, -0.25) is 0 Å². The van der Waals surface area contributed by atoms with Crippen LogP contribution in [-0.2, 0) is 4.79 Å². The van der Waals surface area contributed by atoms with Gasteiger partial charge in [0.15, 0.2) is 0 Å². The van der Waals surface area contributed by atoms with Crippen LogP contribution in [0.15, 0.2) is 5.51 Å². The van der Waals surface area contributed by atoms with Crippen LogP contribution >= 0.6 is 11.3 Å². The van der Waals surface area contributed by atoms with Crippen molar-refractivity contribution in [2.24, 2.45) is 0 Å². The second-order valence-corrected chi connectivity index (χ2v) is 4.30. The number of carboxylic acid groups (broad SMARTS) is 1. The average molecular weight is 213 g/mol. The quantitative estimate of drug-likeness (QED) is 0.792. The third-order valence-corrected chi connectivity index (χ3v) is 3.18. The number of aliphatic carboxylic acids is 1. The van der Waals surface area contributed by atoms with Gasteiger partial charge in [0.25, 0.3) is 0 Å². The Bertz CT molecular complexity index is 319. The van der Waals surface area contributed by atoms with Gasteiger partial charge in [-0.15, -0.1) is 10.2 Å². The normalized spacial score (nSPS) is 19.4. The van der Waals surface area contributed by atoms with E-state index in [-0.39, 0.29) is 0 Å². The molecule has 0 aliphatic heterocycles. The van der Waals surface area contributed by atoms with Gasteiger partial charge in [0.05, 0.1) is 0 Å². The molecule has 0 bridgehead atoms. The Morgan fingerprint density at radius 1 is 1.57 bits per heavy atom. The van der Waals surface area contributed by atoms with Crippen molar-refractivity contribution in [1.29, 1.82) is 0 Å². The smallest absolute Gasteiger partial charge is 0.329 e. The fourth-order valence-electron chi connectivity index (χ4n) is 1.80. The fraction of sp³-hybridized carbons (Fsp3) is 0.625. The molecule has 6 heteroatoms. The number of carboxylic acids is 1. The van der Waals surface area contributed by atoms with Crippen molar-refractivity contribution >= 4 is 22.4 Å². The summed E-state index contributed by atoms with van der Waals surface area (Å²) < 4.78 is 0. The van der Waals surface area contributed by atoms with Crippen LogP contribution in [0.2, 0.25) is 0 Å². The number of hydrogen-bond acceptors (Lipinski definition) is 5. The van der Waals surface area contributed by atoms with Gasteiger partial charge in [0.2, 0.25) is 5.13 Å². The van der Waals surface area contributed by atoms with E-state index in [0.717, 1.165) is 12.8 Å². The lowest BCUT2D eigenvalue weighted by Crippen LogP contribution is -2.43. The molecular formula is C8H11N3O2S. The van der Waals surface area contributed by atoms with E-state index in [9.17, 15) is 4.79 Å². The van der Waals surface area contributed by atoms with E-state index in [0.29, 0.717) is 18.0 Å². The Morgan fingerprint density at radius 2 is 2.29 bits per heavy atom. The number of carbonyl (C=O) groups is 1. The molecule has 0 amide bonds. The van der Waals surface area contributed by atoms with Gasteiger partial charge in [-0.1, -0.05) is 24.2 Å². The zero-order valence-corrected chi connectivity index (χ0v) is 8.38. The van der Waals surface area contributed by atoms with Crippen molar-refractivity contribution in [3.63, 3.8) is 0 Å². The van der Waals surface area contributed by atoms with Crippen molar-refractivity contribution in [1.82, 2.24) is 10.2 Å². The number of nitrogens with one attached hydrogen (secondary N) is 1. The molecule has 1 aliphatic carbocycles. The van der Waals surface area contributed by atoms with Crippen molar-refractivity contribution in [2.75, 3.05) is 5.32 Å². The Balaban J connectivity index is 2.16. The molecule has 0 atom stereocenters. The SMILES string of the molecule is O=C(O)C1(Nc2nncs2)CCCC1. The van der Waals surface area contributed by atoms with Gasteiger partial charge in [0.1, 0.15) is 11.0 Å². The standard InChI is InChI=1S/C8H11N3O2S/c12-6(13)8(3-1-2-4-8)10-7-11-9-5-14-7/h5H,1-4H2,(H,10,11)(H,12,13). The summed E-state index contributed by atoms with van der Waals surface area (Å²) in [6, 6.07) is 0. The predicted octanol–water partition coefficient (Wildman–Crippen LogP) is 1.35. The summed E-state index contributed by atoms with van der Waals surface area (Å²) in [6.07, 6.45) is 3.25. The van der Waals surface area contributed by atoms with Crippen LogP contribution in [0, 0.1) is 0 Å². The van der Waals surface area contributed by atoms with Crippen LogP contribution in [0.5, 0.6) is 0 Å². The minimum absolute atomic E-state index is 0.592. The number of anilines is 1. The zero-order valence-electron chi connectivity index (χ0n) is 7.56. The molecule has 1 fully saturated rings. The molecule has 1 heterocycles. The number of nitrogens with zero attached hydrogens (tertiary/aromatic N) is 2. The van der Waals surface area contributed by atoms with Crippen molar-refractivity contribution in [3.8, 4) is 0 Å². The van der Waals surface area contributed by atoms with E-state index in [1.165, 1.54) is 11.3 Å². The number of rotatable bonds is 3. The van der Waals surface area contributed by atoms with Crippen LogP contribution in [-0.4, -0.2) is 26.8 Å². The highest BCUT2D eigenvalue weighted by molar-refractivity contribution is 7.13. The molecule has 0 radical (unpaired) electrons. The van der Waals surface area contributed by atoms with Gasteiger partial charge in [-0.2, -0.15) is 0 Å². The third kappa shape index (κ3) is 1.57. The Labute approximate surface area is 85.2 Å². The molecule has 76 valence electrons. The summed E-state index contributed by atoms with van der Waals surface area (Å²) in [5, 5.41) is 20.2. The Hall–Kier alpha value is -1.17. The van der Waals surface area contributed by atoms with Gasteiger partial charge >= 0.3 is 5.97 Å². The molecule has 0 spiro atoms. The molecule has 1 aliphatic rings. The summed E-state index contributed by atoms with van der Waals surface area (Å²) in [6.45, 7) is 0. The molecule has 14 heavy (non-hydrogen) atoms. The van der Waals surface area contributed by atoms with E-state index < -0.39 is 11.5 Å². The van der Waals surface area contributed by atoms with E-state index >= 15 is 0 Å². The molecule has 0 unspecified atom stereocenters. The fourth-order valence-corrected chi connectivity index (χ4v) is 2.35. The molecule has 5 nitrogen and oxygen atoms in total. The largest absolute Gasteiger partial charge is 0.480 e. The van der Waals surface area contributed by atoms with E-state index in [4.69, 9.17) is 5.11 Å². The highest BCUT2D eigenvalue weighted by Crippen LogP contribution is 2.33. The highest BCUT2D eigenvalue weighted by Gasteiger charge is 2.41. The molecule has 1 aromatic heterocycles. The zero-order chi connectivity index (χ0) is 10.0. The number of hydrogen-bond donors (Lipinski definition) is 2. The van der Waals surface area contributed by atoms with E-state index in [1.807, 2.05) is 0 Å². The minimum atomic E-state index is -0.806. The third-order valence-electron chi connectivity index (χ3n) is 2.57. The lowest BCUT2D eigenvalue weighted by molar-refractivity contribution is -0.142. The second-order valence-electron chi connectivity index (χ2n) is 3.46. The van der Waals surface area contributed by atoms with Gasteiger partial charge in [0, 0.05) is 0 Å². The summed E-state index contributed by atoms with van der Waals surface area (Å²) in [4.78, 5) is 11.1. The average Bonchev–Trinajstić information content (AvgIpc) is 2.76. The van der Waals surface area contributed by atoms with Gasteiger partial charge in [-0.05, 0) is 12.8 Å².